The standard InChI is InChI=1S/C15H13F2NO3/c16-11-5-9(6-12(17)15(11)19)8-18-10-1-2-13-14(7-10)21-4-3-20-13/h1-2,5-7,18-19H,3-4,8H2. The molecule has 0 unspecified atom stereocenters. The Morgan fingerprint density at radius 1 is 1.00 bits per heavy atom. The highest BCUT2D eigenvalue weighted by Crippen LogP contribution is 2.32. The van der Waals surface area contributed by atoms with Gasteiger partial charge in [-0.05, 0) is 29.8 Å². The summed E-state index contributed by atoms with van der Waals surface area (Å²) in [4.78, 5) is 0. The highest BCUT2D eigenvalue weighted by molar-refractivity contribution is 5.55. The van der Waals surface area contributed by atoms with Crippen LogP contribution >= 0.6 is 0 Å². The predicted molar refractivity (Wildman–Crippen MR) is 72.8 cm³/mol. The van der Waals surface area contributed by atoms with E-state index in [9.17, 15) is 8.78 Å². The Kier molecular flexibility index (Phi) is 3.51. The first-order valence-corrected chi connectivity index (χ1v) is 6.44. The molecule has 1 aliphatic rings. The van der Waals surface area contributed by atoms with Crippen molar-refractivity contribution in [3.05, 3.63) is 47.5 Å². The molecule has 0 fully saturated rings. The van der Waals surface area contributed by atoms with E-state index in [1.807, 2.05) is 0 Å². The summed E-state index contributed by atoms with van der Waals surface area (Å²) < 4.78 is 37.3. The maximum Gasteiger partial charge on any atom is 0.187 e. The zero-order valence-corrected chi connectivity index (χ0v) is 11.0. The SMILES string of the molecule is Oc1c(F)cc(CNc2ccc3c(c2)OCCO3)cc1F. The average molecular weight is 293 g/mol. The van der Waals surface area contributed by atoms with Gasteiger partial charge in [-0.1, -0.05) is 0 Å². The third-order valence-electron chi connectivity index (χ3n) is 3.12. The van der Waals surface area contributed by atoms with Crippen molar-refractivity contribution in [3.8, 4) is 17.2 Å². The van der Waals surface area contributed by atoms with Crippen LogP contribution in [0.1, 0.15) is 5.56 Å². The van der Waals surface area contributed by atoms with E-state index in [1.165, 1.54) is 0 Å². The summed E-state index contributed by atoms with van der Waals surface area (Å²) in [5, 5.41) is 12.1. The van der Waals surface area contributed by atoms with Crippen LogP contribution in [-0.2, 0) is 6.54 Å². The third kappa shape index (κ3) is 2.84. The Morgan fingerprint density at radius 2 is 1.67 bits per heavy atom. The molecule has 0 saturated carbocycles. The number of ether oxygens (including phenoxy) is 2. The summed E-state index contributed by atoms with van der Waals surface area (Å²) in [6, 6.07) is 7.50. The van der Waals surface area contributed by atoms with Gasteiger partial charge in [0.1, 0.15) is 13.2 Å². The Bertz CT molecular complexity index is 653. The Morgan fingerprint density at radius 3 is 2.38 bits per heavy atom. The second kappa shape index (κ2) is 5.47. The molecule has 2 aromatic rings. The fourth-order valence-electron chi connectivity index (χ4n) is 2.08. The van der Waals surface area contributed by atoms with Crippen molar-refractivity contribution in [2.24, 2.45) is 0 Å². The zero-order chi connectivity index (χ0) is 14.8. The van der Waals surface area contributed by atoms with Crippen LogP contribution in [-0.4, -0.2) is 18.3 Å². The van der Waals surface area contributed by atoms with Gasteiger partial charge in [0.05, 0.1) is 0 Å². The highest BCUT2D eigenvalue weighted by Gasteiger charge is 2.12. The molecule has 1 heterocycles. The second-order valence-electron chi connectivity index (χ2n) is 4.62. The number of benzene rings is 2. The fraction of sp³-hybridized carbons (Fsp3) is 0.200. The van der Waals surface area contributed by atoms with Gasteiger partial charge in [0.15, 0.2) is 28.9 Å². The van der Waals surface area contributed by atoms with Gasteiger partial charge in [0.2, 0.25) is 0 Å². The molecule has 0 atom stereocenters. The fourth-order valence-corrected chi connectivity index (χ4v) is 2.08. The van der Waals surface area contributed by atoms with Gasteiger partial charge in [-0.3, -0.25) is 0 Å². The van der Waals surface area contributed by atoms with Crippen LogP contribution in [0.2, 0.25) is 0 Å². The molecule has 0 spiro atoms. The van der Waals surface area contributed by atoms with E-state index in [2.05, 4.69) is 5.32 Å². The number of halogens is 2. The molecule has 2 N–H and O–H groups in total. The van der Waals surface area contributed by atoms with Crippen molar-refractivity contribution in [1.82, 2.24) is 0 Å². The maximum absolute atomic E-state index is 13.2. The topological polar surface area (TPSA) is 50.7 Å². The average Bonchev–Trinajstić information content (AvgIpc) is 2.50. The largest absolute Gasteiger partial charge is 0.503 e. The molecule has 110 valence electrons. The molecule has 0 bridgehead atoms. The van der Waals surface area contributed by atoms with Crippen LogP contribution in [0.15, 0.2) is 30.3 Å². The molecule has 6 heteroatoms. The lowest BCUT2D eigenvalue weighted by Gasteiger charge is -2.19. The first-order valence-electron chi connectivity index (χ1n) is 6.44. The summed E-state index contributed by atoms with van der Waals surface area (Å²) in [6.45, 7) is 1.23. The van der Waals surface area contributed by atoms with Gasteiger partial charge in [0.25, 0.3) is 0 Å². The van der Waals surface area contributed by atoms with E-state index in [0.29, 0.717) is 30.3 Å². The number of rotatable bonds is 3. The smallest absolute Gasteiger partial charge is 0.187 e. The van der Waals surface area contributed by atoms with Crippen molar-refractivity contribution >= 4 is 5.69 Å². The number of nitrogens with one attached hydrogen (secondary N) is 1. The van der Waals surface area contributed by atoms with Crippen molar-refractivity contribution in [2.75, 3.05) is 18.5 Å². The van der Waals surface area contributed by atoms with Crippen LogP contribution in [0.5, 0.6) is 17.2 Å². The lowest BCUT2D eigenvalue weighted by molar-refractivity contribution is 0.171. The van der Waals surface area contributed by atoms with Crippen LogP contribution in [0.3, 0.4) is 0 Å². The molecule has 21 heavy (non-hydrogen) atoms. The number of hydrogen-bond donors (Lipinski definition) is 2. The van der Waals surface area contributed by atoms with Gasteiger partial charge < -0.3 is 19.9 Å². The minimum atomic E-state index is -0.978. The van der Waals surface area contributed by atoms with E-state index >= 15 is 0 Å². The van der Waals surface area contributed by atoms with Crippen LogP contribution in [0, 0.1) is 11.6 Å². The molecule has 4 nitrogen and oxygen atoms in total. The maximum atomic E-state index is 13.2. The Balaban J connectivity index is 1.73. The normalized spacial score (nSPS) is 13.0. The molecule has 0 aliphatic carbocycles. The molecular weight excluding hydrogens is 280 g/mol. The number of fused-ring (bicyclic) bond motifs is 1. The number of phenols is 1. The minimum absolute atomic E-state index is 0.216. The van der Waals surface area contributed by atoms with E-state index in [4.69, 9.17) is 14.6 Å². The molecule has 0 aromatic heterocycles. The molecule has 0 radical (unpaired) electrons. The minimum Gasteiger partial charge on any atom is -0.503 e. The number of aromatic hydroxyl groups is 1. The summed E-state index contributed by atoms with van der Waals surface area (Å²) in [7, 11) is 0. The summed E-state index contributed by atoms with van der Waals surface area (Å²) >= 11 is 0. The molecule has 2 aromatic carbocycles. The molecule has 0 saturated heterocycles. The van der Waals surface area contributed by atoms with Gasteiger partial charge in [-0.15, -0.1) is 0 Å². The van der Waals surface area contributed by atoms with Gasteiger partial charge in [-0.25, -0.2) is 8.78 Å². The van der Waals surface area contributed by atoms with E-state index in [0.717, 1.165) is 17.8 Å². The molecule has 0 amide bonds. The lowest BCUT2D eigenvalue weighted by atomic mass is 10.2. The van der Waals surface area contributed by atoms with E-state index in [-0.39, 0.29) is 6.54 Å². The molecule has 1 aliphatic heterocycles. The van der Waals surface area contributed by atoms with Crippen LogP contribution in [0.25, 0.3) is 0 Å². The summed E-state index contributed by atoms with van der Waals surface area (Å²) in [5.41, 5.74) is 1.13. The third-order valence-corrected chi connectivity index (χ3v) is 3.12. The highest BCUT2D eigenvalue weighted by atomic mass is 19.1. The molecule has 3 rings (SSSR count). The number of hydrogen-bond acceptors (Lipinski definition) is 4. The summed E-state index contributed by atoms with van der Waals surface area (Å²) in [5.74, 6) is -1.61. The van der Waals surface area contributed by atoms with Crippen molar-refractivity contribution in [1.29, 1.82) is 0 Å². The van der Waals surface area contributed by atoms with Crippen molar-refractivity contribution in [3.63, 3.8) is 0 Å². The first kappa shape index (κ1) is 13.5. The van der Waals surface area contributed by atoms with Crippen LogP contribution < -0.4 is 14.8 Å². The van der Waals surface area contributed by atoms with Gasteiger partial charge in [0, 0.05) is 18.3 Å². The van der Waals surface area contributed by atoms with Gasteiger partial charge in [-0.2, -0.15) is 0 Å². The quantitative estimate of drug-likeness (QED) is 0.913. The Labute approximate surface area is 119 Å². The number of phenolic OH excluding ortho intramolecular Hbond substituents is 1. The molecular formula is C15H13F2NO3. The lowest BCUT2D eigenvalue weighted by Crippen LogP contribution is -2.15. The summed E-state index contributed by atoms with van der Waals surface area (Å²) in [6.07, 6.45) is 0. The van der Waals surface area contributed by atoms with Crippen molar-refractivity contribution < 1.29 is 23.4 Å². The van der Waals surface area contributed by atoms with E-state index < -0.39 is 17.4 Å². The predicted octanol–water partition coefficient (Wildman–Crippen LogP) is 3.05. The van der Waals surface area contributed by atoms with Crippen molar-refractivity contribution in [2.45, 2.75) is 6.54 Å². The zero-order valence-electron chi connectivity index (χ0n) is 11.0. The Hall–Kier alpha value is -2.50. The monoisotopic (exact) mass is 293 g/mol. The first-order chi connectivity index (χ1) is 10.1. The van der Waals surface area contributed by atoms with Crippen LogP contribution in [0.4, 0.5) is 14.5 Å². The number of anilines is 1. The second-order valence-corrected chi connectivity index (χ2v) is 4.62. The van der Waals surface area contributed by atoms with Gasteiger partial charge >= 0.3 is 0 Å². The van der Waals surface area contributed by atoms with E-state index in [1.54, 1.807) is 18.2 Å².